The first-order valence-electron chi connectivity index (χ1n) is 9.87. The maximum absolute atomic E-state index is 8.92. The first-order chi connectivity index (χ1) is 11.8. The van der Waals surface area contributed by atoms with Gasteiger partial charge in [0.05, 0.1) is 6.61 Å². The van der Waals surface area contributed by atoms with Gasteiger partial charge in [-0.1, -0.05) is 76.8 Å². The zero-order valence-corrected chi connectivity index (χ0v) is 15.5. The largest absolute Gasteiger partial charge is 0.494 e. The Bertz CT molecular complexity index is 391. The Labute approximate surface area is 148 Å². The van der Waals surface area contributed by atoms with Crippen LogP contribution < -0.4 is 10.5 Å². The van der Waals surface area contributed by atoms with E-state index < -0.39 is 0 Å². The minimum Gasteiger partial charge on any atom is -0.494 e. The second-order valence-corrected chi connectivity index (χ2v) is 6.72. The van der Waals surface area contributed by atoms with Gasteiger partial charge in [-0.15, -0.1) is 0 Å². The molecule has 3 nitrogen and oxygen atoms in total. The summed E-state index contributed by atoms with van der Waals surface area (Å²) in [4.78, 5) is 0. The normalized spacial score (nSPS) is 12.3. The molecule has 24 heavy (non-hydrogen) atoms. The van der Waals surface area contributed by atoms with E-state index in [-0.39, 0.29) is 12.6 Å². The van der Waals surface area contributed by atoms with Crippen LogP contribution in [0.2, 0.25) is 0 Å². The van der Waals surface area contributed by atoms with E-state index in [0.29, 0.717) is 6.42 Å². The van der Waals surface area contributed by atoms with Gasteiger partial charge in [0.2, 0.25) is 0 Å². The molecule has 1 aromatic rings. The van der Waals surface area contributed by atoms with E-state index in [2.05, 4.69) is 6.92 Å². The molecule has 0 saturated heterocycles. The van der Waals surface area contributed by atoms with E-state index in [1.165, 1.54) is 57.8 Å². The molecule has 0 fully saturated rings. The fourth-order valence-corrected chi connectivity index (χ4v) is 2.90. The van der Waals surface area contributed by atoms with Crippen molar-refractivity contribution in [2.75, 3.05) is 13.2 Å². The van der Waals surface area contributed by atoms with Crippen molar-refractivity contribution in [2.45, 2.75) is 83.6 Å². The Kier molecular flexibility index (Phi) is 12.5. The summed E-state index contributed by atoms with van der Waals surface area (Å²) in [6.07, 6.45) is 14.0. The van der Waals surface area contributed by atoms with Gasteiger partial charge in [-0.3, -0.25) is 0 Å². The highest BCUT2D eigenvalue weighted by atomic mass is 16.5. The quantitative estimate of drug-likeness (QED) is 0.424. The molecular formula is C21H37NO2. The molecule has 1 atom stereocenters. The van der Waals surface area contributed by atoms with E-state index in [1.807, 2.05) is 24.3 Å². The number of nitrogens with two attached hydrogens (primary N) is 1. The Morgan fingerprint density at radius 2 is 1.42 bits per heavy atom. The van der Waals surface area contributed by atoms with Crippen molar-refractivity contribution in [2.24, 2.45) is 5.73 Å². The van der Waals surface area contributed by atoms with Gasteiger partial charge < -0.3 is 15.6 Å². The van der Waals surface area contributed by atoms with Gasteiger partial charge in [-0.25, -0.2) is 0 Å². The van der Waals surface area contributed by atoms with Crippen molar-refractivity contribution >= 4 is 0 Å². The fourth-order valence-electron chi connectivity index (χ4n) is 2.90. The van der Waals surface area contributed by atoms with Crippen LogP contribution in [0.1, 0.15) is 89.2 Å². The number of benzene rings is 1. The predicted octanol–water partition coefficient (Wildman–Crippen LogP) is 5.37. The van der Waals surface area contributed by atoms with Gasteiger partial charge >= 0.3 is 0 Å². The van der Waals surface area contributed by atoms with Crippen LogP contribution in [-0.2, 0) is 0 Å². The van der Waals surface area contributed by atoms with Gasteiger partial charge in [0, 0.05) is 12.6 Å². The smallest absolute Gasteiger partial charge is 0.119 e. The van der Waals surface area contributed by atoms with Gasteiger partial charge in [0.1, 0.15) is 5.75 Å². The van der Waals surface area contributed by atoms with Crippen LogP contribution in [0.5, 0.6) is 5.75 Å². The summed E-state index contributed by atoms with van der Waals surface area (Å²) in [5, 5.41) is 8.92. The monoisotopic (exact) mass is 335 g/mol. The SMILES string of the molecule is CCCCCCCCCCCCOc1ccc(C(N)CCO)cc1. The van der Waals surface area contributed by atoms with Crippen molar-refractivity contribution in [3.63, 3.8) is 0 Å². The molecule has 0 aliphatic heterocycles. The van der Waals surface area contributed by atoms with Crippen molar-refractivity contribution in [3.05, 3.63) is 29.8 Å². The molecule has 3 heteroatoms. The summed E-state index contributed by atoms with van der Waals surface area (Å²) in [5.41, 5.74) is 7.02. The first-order valence-corrected chi connectivity index (χ1v) is 9.87. The third-order valence-electron chi connectivity index (χ3n) is 4.51. The average Bonchev–Trinajstić information content (AvgIpc) is 2.60. The van der Waals surface area contributed by atoms with Crippen LogP contribution >= 0.6 is 0 Å². The first kappa shape index (κ1) is 21.0. The molecule has 0 bridgehead atoms. The summed E-state index contributed by atoms with van der Waals surface area (Å²) < 4.78 is 5.78. The number of rotatable bonds is 15. The standard InChI is InChI=1S/C21H37NO2/c1-2-3-4-5-6-7-8-9-10-11-18-24-20-14-12-19(13-15-20)21(22)16-17-23/h12-15,21,23H,2-11,16-18,22H2,1H3. The van der Waals surface area contributed by atoms with E-state index in [0.717, 1.165) is 24.3 Å². The molecule has 0 heterocycles. The molecule has 1 unspecified atom stereocenters. The van der Waals surface area contributed by atoms with Crippen LogP contribution in [-0.4, -0.2) is 18.3 Å². The van der Waals surface area contributed by atoms with E-state index in [9.17, 15) is 0 Å². The molecule has 0 aliphatic rings. The summed E-state index contributed by atoms with van der Waals surface area (Å²) in [6, 6.07) is 7.85. The lowest BCUT2D eigenvalue weighted by Crippen LogP contribution is -2.11. The van der Waals surface area contributed by atoms with Gasteiger partial charge in [0.25, 0.3) is 0 Å². The van der Waals surface area contributed by atoms with Crippen molar-refractivity contribution < 1.29 is 9.84 Å². The highest BCUT2D eigenvalue weighted by Gasteiger charge is 2.05. The lowest BCUT2D eigenvalue weighted by molar-refractivity contribution is 0.276. The average molecular weight is 336 g/mol. The molecule has 0 radical (unpaired) electrons. The second-order valence-electron chi connectivity index (χ2n) is 6.72. The summed E-state index contributed by atoms with van der Waals surface area (Å²) >= 11 is 0. The van der Waals surface area contributed by atoms with Gasteiger partial charge in [-0.05, 0) is 30.5 Å². The minimum absolute atomic E-state index is 0.0916. The molecule has 1 aromatic carbocycles. The molecule has 1 rings (SSSR count). The number of unbranched alkanes of at least 4 members (excludes halogenated alkanes) is 9. The molecule has 0 saturated carbocycles. The zero-order valence-electron chi connectivity index (χ0n) is 15.5. The topological polar surface area (TPSA) is 55.5 Å². The van der Waals surface area contributed by atoms with Crippen LogP contribution in [0.4, 0.5) is 0 Å². The lowest BCUT2D eigenvalue weighted by Gasteiger charge is -2.11. The summed E-state index contributed by atoms with van der Waals surface area (Å²) in [6.45, 7) is 3.18. The predicted molar refractivity (Wildman–Crippen MR) is 102 cm³/mol. The number of aliphatic hydroxyl groups excluding tert-OH is 1. The summed E-state index contributed by atoms with van der Waals surface area (Å²) in [7, 11) is 0. The third kappa shape index (κ3) is 9.94. The third-order valence-corrected chi connectivity index (χ3v) is 4.51. The molecular weight excluding hydrogens is 298 g/mol. The van der Waals surface area contributed by atoms with Crippen molar-refractivity contribution in [3.8, 4) is 5.75 Å². The number of ether oxygens (including phenoxy) is 1. The lowest BCUT2D eigenvalue weighted by atomic mass is 10.1. The highest BCUT2D eigenvalue weighted by Crippen LogP contribution is 2.18. The molecule has 0 spiro atoms. The van der Waals surface area contributed by atoms with Crippen LogP contribution in [0, 0.1) is 0 Å². The van der Waals surface area contributed by atoms with Gasteiger partial charge in [0.15, 0.2) is 0 Å². The Hall–Kier alpha value is -1.06. The van der Waals surface area contributed by atoms with E-state index in [1.54, 1.807) is 0 Å². The molecule has 0 amide bonds. The van der Waals surface area contributed by atoms with Crippen LogP contribution in [0.3, 0.4) is 0 Å². The fraction of sp³-hybridized carbons (Fsp3) is 0.714. The van der Waals surface area contributed by atoms with E-state index >= 15 is 0 Å². The molecule has 0 aliphatic carbocycles. The minimum atomic E-state index is -0.0916. The van der Waals surface area contributed by atoms with Crippen molar-refractivity contribution in [1.29, 1.82) is 0 Å². The van der Waals surface area contributed by atoms with Crippen LogP contribution in [0.15, 0.2) is 24.3 Å². The second kappa shape index (κ2) is 14.3. The molecule has 138 valence electrons. The molecule has 0 aromatic heterocycles. The number of aliphatic hydroxyl groups is 1. The maximum atomic E-state index is 8.92. The van der Waals surface area contributed by atoms with Gasteiger partial charge in [-0.2, -0.15) is 0 Å². The molecule has 3 N–H and O–H groups in total. The number of hydrogen-bond acceptors (Lipinski definition) is 3. The van der Waals surface area contributed by atoms with Crippen molar-refractivity contribution in [1.82, 2.24) is 0 Å². The van der Waals surface area contributed by atoms with Crippen LogP contribution in [0.25, 0.3) is 0 Å². The Balaban J connectivity index is 1.99. The summed E-state index contributed by atoms with van der Waals surface area (Å²) in [5.74, 6) is 0.908. The van der Waals surface area contributed by atoms with E-state index in [4.69, 9.17) is 15.6 Å². The highest BCUT2D eigenvalue weighted by molar-refractivity contribution is 5.29. The maximum Gasteiger partial charge on any atom is 0.119 e. The Morgan fingerprint density at radius 3 is 1.96 bits per heavy atom. The Morgan fingerprint density at radius 1 is 0.875 bits per heavy atom. The number of hydrogen-bond donors (Lipinski definition) is 2. The zero-order chi connectivity index (χ0) is 17.5.